The molecule has 0 fully saturated rings. The van der Waals surface area contributed by atoms with Crippen LogP contribution in [0, 0.1) is 12.7 Å². The zero-order valence-corrected chi connectivity index (χ0v) is 17.6. The van der Waals surface area contributed by atoms with Crippen LogP contribution in [0.1, 0.15) is 35.4 Å². The van der Waals surface area contributed by atoms with Crippen molar-refractivity contribution in [3.63, 3.8) is 0 Å². The third kappa shape index (κ3) is 4.91. The van der Waals surface area contributed by atoms with Crippen molar-refractivity contribution in [2.45, 2.75) is 26.3 Å². The summed E-state index contributed by atoms with van der Waals surface area (Å²) in [5, 5.41) is 6.47. The molecule has 0 aliphatic rings. The fraction of sp³-hybridized carbons (Fsp3) is 0.182. The van der Waals surface area contributed by atoms with Gasteiger partial charge in [0, 0.05) is 30.1 Å². The Kier molecular flexibility index (Phi) is 6.11. The minimum Gasteiger partial charge on any atom is -0.368 e. The molecular weight excluding hydrogens is 409 g/mol. The van der Waals surface area contributed by atoms with Crippen LogP contribution in [0.3, 0.4) is 0 Å². The summed E-state index contributed by atoms with van der Waals surface area (Å²) in [6.45, 7) is 4.25. The van der Waals surface area contributed by atoms with Crippen LogP contribution in [-0.2, 0) is 6.54 Å². The number of hydrogen-bond donors (Lipinski definition) is 3. The third-order valence-corrected chi connectivity index (χ3v) is 4.85. The number of nitrogens with zero attached hydrogens (tertiary/aromatic N) is 6. The number of aromatic nitrogens is 6. The number of nitrogens with two attached hydrogens (primary N) is 1. The van der Waals surface area contributed by atoms with Crippen LogP contribution in [0.4, 0.5) is 27.8 Å². The molecule has 3 heterocycles. The van der Waals surface area contributed by atoms with E-state index in [0.29, 0.717) is 24.0 Å². The second-order valence-corrected chi connectivity index (χ2v) is 7.18. The predicted molar refractivity (Wildman–Crippen MR) is 120 cm³/mol. The second kappa shape index (κ2) is 9.29. The Morgan fingerprint density at radius 1 is 0.969 bits per heavy atom. The molecule has 0 bridgehead atoms. The zero-order chi connectivity index (χ0) is 22.5. The van der Waals surface area contributed by atoms with E-state index >= 15 is 0 Å². The van der Waals surface area contributed by atoms with Crippen molar-refractivity contribution < 1.29 is 4.39 Å². The van der Waals surface area contributed by atoms with Crippen LogP contribution in [0.15, 0.2) is 55.2 Å². The van der Waals surface area contributed by atoms with Gasteiger partial charge in [-0.15, -0.1) is 0 Å². The molecule has 4 N–H and O–H groups in total. The Hall–Kier alpha value is -4.21. The van der Waals surface area contributed by atoms with E-state index in [2.05, 4.69) is 40.5 Å². The van der Waals surface area contributed by atoms with Crippen LogP contribution in [0.25, 0.3) is 0 Å². The molecule has 0 saturated carbocycles. The highest BCUT2D eigenvalue weighted by atomic mass is 19.1. The van der Waals surface area contributed by atoms with Crippen LogP contribution in [-0.4, -0.2) is 29.9 Å². The summed E-state index contributed by atoms with van der Waals surface area (Å²) in [4.78, 5) is 25.8. The lowest BCUT2D eigenvalue weighted by Gasteiger charge is -2.21. The van der Waals surface area contributed by atoms with Gasteiger partial charge in [0.1, 0.15) is 23.3 Å². The van der Waals surface area contributed by atoms with Crippen molar-refractivity contribution in [1.29, 1.82) is 0 Å². The van der Waals surface area contributed by atoms with Gasteiger partial charge in [0.05, 0.1) is 30.3 Å². The highest BCUT2D eigenvalue weighted by molar-refractivity contribution is 5.67. The van der Waals surface area contributed by atoms with E-state index in [1.54, 1.807) is 43.1 Å². The molecule has 32 heavy (non-hydrogen) atoms. The quantitative estimate of drug-likeness (QED) is 0.402. The van der Waals surface area contributed by atoms with Crippen molar-refractivity contribution in [1.82, 2.24) is 29.9 Å². The van der Waals surface area contributed by atoms with E-state index in [1.165, 1.54) is 12.1 Å². The van der Waals surface area contributed by atoms with Gasteiger partial charge in [-0.25, -0.2) is 9.37 Å². The maximum Gasteiger partial charge on any atom is 0.223 e. The van der Waals surface area contributed by atoms with Gasteiger partial charge >= 0.3 is 0 Å². The Bertz CT molecular complexity index is 1180. The number of halogens is 1. The van der Waals surface area contributed by atoms with Gasteiger partial charge in [-0.2, -0.15) is 9.97 Å². The lowest BCUT2D eigenvalue weighted by atomic mass is 9.93. The summed E-state index contributed by atoms with van der Waals surface area (Å²) in [6, 6.07) is 6.32. The average Bonchev–Trinajstić information content (AvgIpc) is 2.79. The normalized spacial score (nSPS) is 11.7. The van der Waals surface area contributed by atoms with Gasteiger partial charge in [-0.05, 0) is 24.6 Å². The molecule has 9 nitrogen and oxygen atoms in total. The van der Waals surface area contributed by atoms with Crippen LogP contribution in [0.2, 0.25) is 0 Å². The lowest BCUT2D eigenvalue weighted by molar-refractivity contribution is 0.626. The lowest BCUT2D eigenvalue weighted by Crippen LogP contribution is -2.14. The summed E-state index contributed by atoms with van der Waals surface area (Å²) < 4.78 is 13.5. The van der Waals surface area contributed by atoms with E-state index in [-0.39, 0.29) is 17.7 Å². The van der Waals surface area contributed by atoms with Gasteiger partial charge in [0.25, 0.3) is 0 Å². The Labute approximate surface area is 184 Å². The highest BCUT2D eigenvalue weighted by Gasteiger charge is 2.22. The predicted octanol–water partition coefficient (Wildman–Crippen LogP) is 3.59. The number of aryl methyl sites for hydroxylation is 1. The molecule has 162 valence electrons. The van der Waals surface area contributed by atoms with Crippen molar-refractivity contribution in [3.8, 4) is 0 Å². The molecule has 1 atom stereocenters. The molecule has 1 aromatic carbocycles. The topological polar surface area (TPSA) is 127 Å². The van der Waals surface area contributed by atoms with Gasteiger partial charge in [0.2, 0.25) is 5.95 Å². The minimum absolute atomic E-state index is 0.0870. The van der Waals surface area contributed by atoms with Crippen molar-refractivity contribution in [3.05, 3.63) is 83.6 Å². The fourth-order valence-electron chi connectivity index (χ4n) is 3.21. The molecule has 0 amide bonds. The number of rotatable bonds is 7. The standard InChI is InChI=1S/C22H22FN9/c1-13-9-28-17(10-27-13)11-29-20-19(14(2)15-3-5-16(23)6-4-15)21(32-22(24)31-20)30-18-12-25-7-8-26-18/h3-10,12,14H,11H2,1-2H3,(H4,24,26,29,30,31,32). The number of anilines is 4. The summed E-state index contributed by atoms with van der Waals surface area (Å²) in [7, 11) is 0. The number of hydrogen-bond acceptors (Lipinski definition) is 9. The smallest absolute Gasteiger partial charge is 0.223 e. The van der Waals surface area contributed by atoms with Crippen LogP contribution >= 0.6 is 0 Å². The van der Waals surface area contributed by atoms with E-state index in [4.69, 9.17) is 5.73 Å². The summed E-state index contributed by atoms with van der Waals surface area (Å²) >= 11 is 0. The van der Waals surface area contributed by atoms with Crippen molar-refractivity contribution in [2.75, 3.05) is 16.4 Å². The van der Waals surface area contributed by atoms with Crippen molar-refractivity contribution >= 4 is 23.4 Å². The van der Waals surface area contributed by atoms with E-state index in [0.717, 1.165) is 22.5 Å². The van der Waals surface area contributed by atoms with Gasteiger partial charge in [0.15, 0.2) is 0 Å². The van der Waals surface area contributed by atoms with E-state index < -0.39 is 0 Å². The molecular formula is C22H22FN9. The number of nitrogens with one attached hydrogen (secondary N) is 2. The van der Waals surface area contributed by atoms with Gasteiger partial charge in [-0.3, -0.25) is 15.0 Å². The molecule has 0 saturated heterocycles. The molecule has 0 aliphatic heterocycles. The minimum atomic E-state index is -0.302. The van der Waals surface area contributed by atoms with Gasteiger partial charge in [-0.1, -0.05) is 19.1 Å². The largest absolute Gasteiger partial charge is 0.368 e. The first-order valence-corrected chi connectivity index (χ1v) is 9.97. The summed E-state index contributed by atoms with van der Waals surface area (Å²) in [5.74, 6) is 1.11. The Balaban J connectivity index is 1.74. The summed E-state index contributed by atoms with van der Waals surface area (Å²) in [6.07, 6.45) is 8.14. The first kappa shape index (κ1) is 21.0. The molecule has 0 radical (unpaired) electrons. The summed E-state index contributed by atoms with van der Waals surface area (Å²) in [5.41, 5.74) is 9.23. The maximum atomic E-state index is 13.5. The third-order valence-electron chi connectivity index (χ3n) is 4.85. The molecule has 0 aliphatic carbocycles. The number of nitrogen functional groups attached to an aromatic ring is 1. The molecule has 4 aromatic rings. The molecule has 0 spiro atoms. The first-order valence-electron chi connectivity index (χ1n) is 9.97. The fourth-order valence-corrected chi connectivity index (χ4v) is 3.21. The van der Waals surface area contributed by atoms with Crippen LogP contribution < -0.4 is 16.4 Å². The van der Waals surface area contributed by atoms with E-state index in [9.17, 15) is 4.39 Å². The van der Waals surface area contributed by atoms with E-state index in [1.807, 2.05) is 13.8 Å². The maximum absolute atomic E-state index is 13.5. The average molecular weight is 431 g/mol. The molecule has 1 unspecified atom stereocenters. The van der Waals surface area contributed by atoms with Gasteiger partial charge < -0.3 is 16.4 Å². The Morgan fingerprint density at radius 2 is 1.75 bits per heavy atom. The Morgan fingerprint density at radius 3 is 2.44 bits per heavy atom. The SMILES string of the molecule is Cc1cnc(CNc2nc(N)nc(Nc3cnccn3)c2C(C)c2ccc(F)cc2)cn1. The van der Waals surface area contributed by atoms with Crippen LogP contribution in [0.5, 0.6) is 0 Å². The molecule has 4 rings (SSSR count). The first-order chi connectivity index (χ1) is 15.5. The monoisotopic (exact) mass is 431 g/mol. The highest BCUT2D eigenvalue weighted by Crippen LogP contribution is 2.35. The zero-order valence-electron chi connectivity index (χ0n) is 17.6. The second-order valence-electron chi connectivity index (χ2n) is 7.18. The number of benzene rings is 1. The molecule has 10 heteroatoms. The van der Waals surface area contributed by atoms with Crippen molar-refractivity contribution in [2.24, 2.45) is 0 Å². The molecule has 3 aromatic heterocycles.